The van der Waals surface area contributed by atoms with Crippen LogP contribution in [-0.4, -0.2) is 9.13 Å². The van der Waals surface area contributed by atoms with E-state index in [4.69, 9.17) is 0 Å². The Morgan fingerprint density at radius 2 is 0.927 bits per heavy atom. The van der Waals surface area contributed by atoms with Gasteiger partial charge in [-0.15, -0.1) is 11.3 Å². The second kappa shape index (κ2) is 8.32. The summed E-state index contributed by atoms with van der Waals surface area (Å²) in [7, 11) is 0. The highest BCUT2D eigenvalue weighted by molar-refractivity contribution is 7.26. The fraction of sp³-hybridized carbons (Fsp3) is 0. The van der Waals surface area contributed by atoms with Crippen molar-refractivity contribution in [2.45, 2.75) is 0 Å². The molecule has 0 amide bonds. The Kier molecular flexibility index (Phi) is 4.55. The minimum absolute atomic E-state index is 0.669. The summed E-state index contributed by atoms with van der Waals surface area (Å²) >= 11 is 1.77. The second-order valence-electron chi connectivity index (χ2n) is 10.4. The highest BCUT2D eigenvalue weighted by Gasteiger charge is 2.24. The van der Waals surface area contributed by atoms with Gasteiger partial charge in [0.1, 0.15) is 11.6 Å². The van der Waals surface area contributed by atoms with E-state index in [2.05, 4.69) is 143 Å². The van der Waals surface area contributed by atoms with Crippen LogP contribution in [0.3, 0.4) is 0 Å². The first-order valence-electron chi connectivity index (χ1n) is 13.7. The molecular weight excluding hydrogens is 518 g/mol. The number of thiophene rings is 1. The number of para-hydroxylation sites is 4. The molecule has 4 heteroatoms. The van der Waals surface area contributed by atoms with Gasteiger partial charge in [0.15, 0.2) is 0 Å². The molecule has 0 aliphatic carbocycles. The van der Waals surface area contributed by atoms with E-state index in [0.29, 0.717) is 5.56 Å². The van der Waals surface area contributed by atoms with Crippen LogP contribution in [0.4, 0.5) is 0 Å². The Morgan fingerprint density at radius 1 is 0.488 bits per heavy atom. The standard InChI is InChI=1S/C37H21N3S/c38-22-29-34(39-30-16-6-1-11-23(30)24-12-2-7-17-31(24)39)21-28-27-15-5-10-20-35(27)41-37(28)36(29)40-32-18-8-3-13-25(32)26-14-4-9-19-33(26)40/h1-21H. The Labute approximate surface area is 239 Å². The number of hydrogen-bond acceptors (Lipinski definition) is 2. The Morgan fingerprint density at radius 3 is 1.44 bits per heavy atom. The lowest BCUT2D eigenvalue weighted by Gasteiger charge is -2.17. The fourth-order valence-electron chi connectivity index (χ4n) is 6.67. The Hall–Kier alpha value is -5.37. The lowest BCUT2D eigenvalue weighted by atomic mass is 10.0. The van der Waals surface area contributed by atoms with Gasteiger partial charge in [0.05, 0.1) is 38.1 Å². The van der Waals surface area contributed by atoms with E-state index in [9.17, 15) is 5.26 Å². The lowest BCUT2D eigenvalue weighted by Crippen LogP contribution is -2.04. The minimum Gasteiger partial charge on any atom is -0.308 e. The molecule has 0 fully saturated rings. The molecule has 9 aromatic rings. The molecule has 41 heavy (non-hydrogen) atoms. The quantitative estimate of drug-likeness (QED) is 0.215. The molecule has 3 nitrogen and oxygen atoms in total. The molecule has 0 atom stereocenters. The zero-order chi connectivity index (χ0) is 27.1. The number of hydrogen-bond donors (Lipinski definition) is 0. The molecule has 3 aromatic heterocycles. The van der Waals surface area contributed by atoms with Crippen molar-refractivity contribution in [2.75, 3.05) is 0 Å². The highest BCUT2D eigenvalue weighted by atomic mass is 32.1. The van der Waals surface area contributed by atoms with Crippen LogP contribution >= 0.6 is 11.3 Å². The molecule has 0 radical (unpaired) electrons. The summed E-state index contributed by atoms with van der Waals surface area (Å²) in [6, 6.07) is 47.6. The molecule has 190 valence electrons. The number of rotatable bonds is 2. The first-order valence-corrected chi connectivity index (χ1v) is 14.5. The predicted molar refractivity (Wildman–Crippen MR) is 173 cm³/mol. The van der Waals surface area contributed by atoms with Gasteiger partial charge in [0.2, 0.25) is 0 Å². The lowest BCUT2D eigenvalue weighted by molar-refractivity contribution is 1.13. The van der Waals surface area contributed by atoms with Crippen LogP contribution in [0.1, 0.15) is 5.56 Å². The third kappa shape index (κ3) is 2.96. The summed E-state index contributed by atoms with van der Waals surface area (Å²) < 4.78 is 6.94. The zero-order valence-corrected chi connectivity index (χ0v) is 22.7. The van der Waals surface area contributed by atoms with Crippen molar-refractivity contribution in [3.05, 3.63) is 133 Å². The molecule has 0 N–H and O–H groups in total. The van der Waals surface area contributed by atoms with Gasteiger partial charge in [-0.25, -0.2) is 0 Å². The largest absolute Gasteiger partial charge is 0.308 e. The van der Waals surface area contributed by atoms with Crippen molar-refractivity contribution < 1.29 is 0 Å². The highest BCUT2D eigenvalue weighted by Crippen LogP contribution is 2.45. The van der Waals surface area contributed by atoms with Crippen LogP contribution in [0.5, 0.6) is 0 Å². The molecule has 0 unspecified atom stereocenters. The molecule has 0 aliphatic heterocycles. The maximum absolute atomic E-state index is 11.0. The van der Waals surface area contributed by atoms with Crippen molar-refractivity contribution in [2.24, 2.45) is 0 Å². The summed E-state index contributed by atoms with van der Waals surface area (Å²) in [4.78, 5) is 0. The van der Waals surface area contributed by atoms with Gasteiger partial charge in [-0.3, -0.25) is 0 Å². The molecular formula is C37H21N3S. The van der Waals surface area contributed by atoms with Gasteiger partial charge in [0.25, 0.3) is 0 Å². The molecule has 0 bridgehead atoms. The van der Waals surface area contributed by atoms with Gasteiger partial charge >= 0.3 is 0 Å². The van der Waals surface area contributed by atoms with Crippen LogP contribution < -0.4 is 0 Å². The third-order valence-corrected chi connectivity index (χ3v) is 9.55. The van der Waals surface area contributed by atoms with E-state index >= 15 is 0 Å². The predicted octanol–water partition coefficient (Wildman–Crippen LogP) is 10.1. The Bertz CT molecular complexity index is 2450. The van der Waals surface area contributed by atoms with Gasteiger partial charge in [-0.05, 0) is 36.4 Å². The average Bonchev–Trinajstić information content (AvgIpc) is 3.68. The van der Waals surface area contributed by atoms with E-state index in [1.54, 1.807) is 11.3 Å². The normalized spacial score (nSPS) is 11.9. The number of aromatic nitrogens is 2. The van der Waals surface area contributed by atoms with Crippen molar-refractivity contribution in [1.29, 1.82) is 5.26 Å². The Balaban J connectivity index is 1.56. The molecule has 0 saturated carbocycles. The van der Waals surface area contributed by atoms with E-state index in [0.717, 1.165) is 38.1 Å². The molecule has 0 aliphatic rings. The van der Waals surface area contributed by atoms with Crippen LogP contribution in [-0.2, 0) is 0 Å². The average molecular weight is 540 g/mol. The summed E-state index contributed by atoms with van der Waals surface area (Å²) in [6.45, 7) is 0. The van der Waals surface area contributed by atoms with Crippen LogP contribution in [0, 0.1) is 11.3 Å². The number of nitrogens with zero attached hydrogens (tertiary/aromatic N) is 3. The van der Waals surface area contributed by atoms with Gasteiger partial charge in [-0.1, -0.05) is 91.0 Å². The number of benzene rings is 6. The van der Waals surface area contributed by atoms with Crippen LogP contribution in [0.2, 0.25) is 0 Å². The maximum Gasteiger partial charge on any atom is 0.104 e. The fourth-order valence-corrected chi connectivity index (χ4v) is 7.90. The van der Waals surface area contributed by atoms with E-state index in [-0.39, 0.29) is 0 Å². The molecule has 0 spiro atoms. The van der Waals surface area contributed by atoms with Gasteiger partial charge in [0, 0.05) is 37.0 Å². The minimum atomic E-state index is 0.669. The van der Waals surface area contributed by atoms with Crippen molar-refractivity contribution in [3.8, 4) is 17.4 Å². The molecule has 0 saturated heterocycles. The van der Waals surface area contributed by atoms with E-state index in [1.807, 2.05) is 0 Å². The SMILES string of the molecule is N#Cc1c(-n2c3ccccc3c3ccccc32)cc2c(sc3ccccc32)c1-n1c2ccccc2c2ccccc21. The van der Waals surface area contributed by atoms with Crippen molar-refractivity contribution in [1.82, 2.24) is 9.13 Å². The second-order valence-corrected chi connectivity index (χ2v) is 11.5. The number of nitriles is 1. The summed E-state index contributed by atoms with van der Waals surface area (Å²) in [6.07, 6.45) is 0. The van der Waals surface area contributed by atoms with E-state index in [1.165, 1.54) is 37.0 Å². The van der Waals surface area contributed by atoms with Gasteiger partial charge < -0.3 is 9.13 Å². The first kappa shape index (κ1) is 22.4. The van der Waals surface area contributed by atoms with Crippen LogP contribution in [0.25, 0.3) is 75.2 Å². The molecule has 9 rings (SSSR count). The molecule has 6 aromatic carbocycles. The number of fused-ring (bicyclic) bond motifs is 9. The molecule has 3 heterocycles. The summed E-state index contributed by atoms with van der Waals surface area (Å²) in [5, 5.41) is 18.2. The first-order chi connectivity index (χ1) is 20.3. The van der Waals surface area contributed by atoms with Crippen molar-refractivity contribution in [3.63, 3.8) is 0 Å². The zero-order valence-electron chi connectivity index (χ0n) is 21.9. The van der Waals surface area contributed by atoms with Gasteiger partial charge in [-0.2, -0.15) is 5.26 Å². The maximum atomic E-state index is 11.0. The summed E-state index contributed by atoms with van der Waals surface area (Å²) in [5.41, 5.74) is 6.90. The third-order valence-electron chi connectivity index (χ3n) is 8.36. The van der Waals surface area contributed by atoms with E-state index < -0.39 is 0 Å². The summed E-state index contributed by atoms with van der Waals surface area (Å²) in [5.74, 6) is 0. The monoisotopic (exact) mass is 539 g/mol. The smallest absolute Gasteiger partial charge is 0.104 e. The van der Waals surface area contributed by atoms with Crippen molar-refractivity contribution >= 4 is 75.1 Å². The van der Waals surface area contributed by atoms with Crippen LogP contribution in [0.15, 0.2) is 127 Å². The topological polar surface area (TPSA) is 33.6 Å².